The number of nitrogens with zero attached hydrogens (tertiary/aromatic N) is 1. The molecule has 2 saturated heterocycles. The van der Waals surface area contributed by atoms with Crippen LogP contribution in [0.2, 0.25) is 0 Å². The molecular weight excluding hydrogens is 280 g/mol. The Morgan fingerprint density at radius 1 is 1.36 bits per heavy atom. The van der Waals surface area contributed by atoms with Gasteiger partial charge in [0.2, 0.25) is 0 Å². The number of methoxy groups -OCH3 is 1. The van der Waals surface area contributed by atoms with Crippen molar-refractivity contribution in [2.45, 2.75) is 12.8 Å². The van der Waals surface area contributed by atoms with Crippen LogP contribution in [0.4, 0.5) is 0 Å². The Morgan fingerprint density at radius 3 is 2.86 bits per heavy atom. The molecule has 2 fully saturated rings. The van der Waals surface area contributed by atoms with Gasteiger partial charge in [-0.1, -0.05) is 0 Å². The van der Waals surface area contributed by atoms with Crippen LogP contribution in [0.1, 0.15) is 23.2 Å². The van der Waals surface area contributed by atoms with Crippen molar-refractivity contribution in [2.75, 3.05) is 33.4 Å². The minimum atomic E-state index is -0.240. The highest BCUT2D eigenvalue weighted by Crippen LogP contribution is 2.40. The monoisotopic (exact) mass is 300 g/mol. The van der Waals surface area contributed by atoms with Gasteiger partial charge in [-0.15, -0.1) is 0 Å². The average molecular weight is 300 g/mol. The zero-order valence-corrected chi connectivity index (χ0v) is 12.7. The summed E-state index contributed by atoms with van der Waals surface area (Å²) in [6.07, 6.45) is 4.01. The van der Waals surface area contributed by atoms with Gasteiger partial charge in [0.25, 0.3) is 0 Å². The molecule has 0 atom stereocenters. The number of hydrogen-bond acceptors (Lipinski definition) is 4. The minimum absolute atomic E-state index is 0.199. The van der Waals surface area contributed by atoms with E-state index in [1.807, 2.05) is 18.2 Å². The maximum atomic E-state index is 12.4. The molecule has 1 aromatic heterocycles. The van der Waals surface area contributed by atoms with Crippen LogP contribution in [0, 0.1) is 5.41 Å². The van der Waals surface area contributed by atoms with Gasteiger partial charge in [0, 0.05) is 35.1 Å². The number of ether oxygens (including phenoxy) is 2. The number of aromatic amines is 1. The lowest BCUT2D eigenvalue weighted by Gasteiger charge is -2.24. The SMILES string of the molecule is COc1ccc2c(C(=O)OCC34CCN(CC3)C4)c[nH]c2c1. The van der Waals surface area contributed by atoms with Gasteiger partial charge in [0.1, 0.15) is 5.75 Å². The molecule has 1 N–H and O–H groups in total. The molecule has 5 nitrogen and oxygen atoms in total. The van der Waals surface area contributed by atoms with Crippen molar-refractivity contribution in [3.8, 4) is 5.75 Å². The third kappa shape index (κ3) is 2.16. The number of piperidine rings is 1. The van der Waals surface area contributed by atoms with Crippen LogP contribution in [0.15, 0.2) is 24.4 Å². The van der Waals surface area contributed by atoms with Crippen molar-refractivity contribution in [3.05, 3.63) is 30.0 Å². The summed E-state index contributed by atoms with van der Waals surface area (Å²) in [5.74, 6) is 0.529. The first-order chi connectivity index (χ1) is 10.7. The first-order valence-electron chi connectivity index (χ1n) is 7.74. The molecule has 0 saturated carbocycles. The number of benzene rings is 1. The zero-order valence-electron chi connectivity index (χ0n) is 12.7. The van der Waals surface area contributed by atoms with Crippen LogP contribution in [0.5, 0.6) is 5.75 Å². The van der Waals surface area contributed by atoms with Crippen LogP contribution in [-0.2, 0) is 4.74 Å². The number of aromatic nitrogens is 1. The van der Waals surface area contributed by atoms with Gasteiger partial charge in [0.15, 0.2) is 0 Å². The van der Waals surface area contributed by atoms with Gasteiger partial charge in [-0.3, -0.25) is 0 Å². The van der Waals surface area contributed by atoms with E-state index in [9.17, 15) is 4.79 Å². The van der Waals surface area contributed by atoms with Crippen LogP contribution >= 0.6 is 0 Å². The van der Waals surface area contributed by atoms with E-state index in [0.29, 0.717) is 12.2 Å². The fourth-order valence-electron chi connectivity index (χ4n) is 3.71. The number of fused-ring (bicyclic) bond motifs is 3. The van der Waals surface area contributed by atoms with E-state index in [-0.39, 0.29) is 11.4 Å². The first-order valence-corrected chi connectivity index (χ1v) is 7.74. The lowest BCUT2D eigenvalue weighted by molar-refractivity contribution is 0.0326. The van der Waals surface area contributed by atoms with Gasteiger partial charge in [-0.25, -0.2) is 4.79 Å². The van der Waals surface area contributed by atoms with Crippen LogP contribution in [0.25, 0.3) is 10.9 Å². The van der Waals surface area contributed by atoms with E-state index in [2.05, 4.69) is 9.88 Å². The van der Waals surface area contributed by atoms with E-state index in [1.165, 1.54) is 0 Å². The summed E-state index contributed by atoms with van der Waals surface area (Å²) < 4.78 is 10.8. The molecule has 116 valence electrons. The molecule has 4 rings (SSSR count). The third-order valence-corrected chi connectivity index (χ3v) is 5.09. The van der Waals surface area contributed by atoms with Crippen molar-refractivity contribution in [2.24, 2.45) is 5.41 Å². The number of nitrogens with one attached hydrogen (secondary N) is 1. The largest absolute Gasteiger partial charge is 0.497 e. The van der Waals surface area contributed by atoms with E-state index in [0.717, 1.165) is 49.1 Å². The first kappa shape index (κ1) is 13.6. The smallest absolute Gasteiger partial charge is 0.340 e. The summed E-state index contributed by atoms with van der Waals surface area (Å²) in [6, 6.07) is 5.64. The Labute approximate surface area is 129 Å². The standard InChI is InChI=1S/C17H20N2O3/c1-21-12-2-3-13-14(9-18-15(13)8-12)16(20)22-11-17-4-6-19(10-17)7-5-17/h2-3,8-9,18H,4-7,10-11H2,1H3. The van der Waals surface area contributed by atoms with Gasteiger partial charge in [-0.05, 0) is 38.1 Å². The Kier molecular flexibility index (Phi) is 3.11. The number of carbonyl (C=O) groups is 1. The number of carbonyl (C=O) groups excluding carboxylic acids is 1. The van der Waals surface area contributed by atoms with E-state index < -0.39 is 0 Å². The predicted octanol–water partition coefficient (Wildman–Crippen LogP) is 2.43. The van der Waals surface area contributed by atoms with Gasteiger partial charge >= 0.3 is 5.97 Å². The molecule has 5 heteroatoms. The lowest BCUT2D eigenvalue weighted by atomic mass is 9.86. The molecule has 2 aliphatic heterocycles. The molecule has 0 radical (unpaired) electrons. The summed E-state index contributed by atoms with van der Waals surface area (Å²) in [5.41, 5.74) is 1.68. The Bertz CT molecular complexity index is 714. The van der Waals surface area contributed by atoms with E-state index in [1.54, 1.807) is 13.3 Å². The molecule has 1 aromatic carbocycles. The molecule has 0 aliphatic carbocycles. The number of hydrogen-bond donors (Lipinski definition) is 1. The molecule has 2 aromatic rings. The second-order valence-corrected chi connectivity index (χ2v) is 6.47. The van der Waals surface area contributed by atoms with E-state index >= 15 is 0 Å². The summed E-state index contributed by atoms with van der Waals surface area (Å²) in [4.78, 5) is 18.0. The van der Waals surface area contributed by atoms with Gasteiger partial charge in [0.05, 0.1) is 19.3 Å². The molecule has 0 unspecified atom stereocenters. The normalized spacial score (nSPS) is 26.5. The highest BCUT2D eigenvalue weighted by Gasteiger charge is 2.44. The van der Waals surface area contributed by atoms with Gasteiger partial charge < -0.3 is 19.4 Å². The van der Waals surface area contributed by atoms with Crippen LogP contribution in [-0.4, -0.2) is 49.2 Å². The summed E-state index contributed by atoms with van der Waals surface area (Å²) in [6.45, 7) is 3.89. The molecule has 22 heavy (non-hydrogen) atoms. The summed E-state index contributed by atoms with van der Waals surface area (Å²) >= 11 is 0. The van der Waals surface area contributed by atoms with Crippen LogP contribution < -0.4 is 4.74 Å². The maximum absolute atomic E-state index is 12.4. The van der Waals surface area contributed by atoms with Crippen molar-refractivity contribution >= 4 is 16.9 Å². The summed E-state index contributed by atoms with van der Waals surface area (Å²) in [7, 11) is 1.63. The summed E-state index contributed by atoms with van der Waals surface area (Å²) in [5, 5.41) is 0.878. The van der Waals surface area contributed by atoms with Crippen molar-refractivity contribution < 1.29 is 14.3 Å². The predicted molar refractivity (Wildman–Crippen MR) is 83.2 cm³/mol. The number of rotatable bonds is 4. The fraction of sp³-hybridized carbons (Fsp3) is 0.471. The van der Waals surface area contributed by atoms with E-state index in [4.69, 9.17) is 9.47 Å². The third-order valence-electron chi connectivity index (χ3n) is 5.09. The molecule has 0 spiro atoms. The average Bonchev–Trinajstić information content (AvgIpc) is 3.26. The zero-order chi connectivity index (χ0) is 15.2. The quantitative estimate of drug-likeness (QED) is 0.881. The molecule has 3 heterocycles. The topological polar surface area (TPSA) is 54.6 Å². The van der Waals surface area contributed by atoms with Crippen molar-refractivity contribution in [3.63, 3.8) is 0 Å². The molecule has 2 bridgehead atoms. The second-order valence-electron chi connectivity index (χ2n) is 6.47. The highest BCUT2D eigenvalue weighted by molar-refractivity contribution is 6.04. The number of esters is 1. The fourth-order valence-corrected chi connectivity index (χ4v) is 3.71. The van der Waals surface area contributed by atoms with Crippen LogP contribution in [0.3, 0.4) is 0 Å². The molecule has 0 amide bonds. The Balaban J connectivity index is 1.50. The molecule has 2 aliphatic rings. The number of H-pyrrole nitrogens is 1. The lowest BCUT2D eigenvalue weighted by Crippen LogP contribution is -2.27. The van der Waals surface area contributed by atoms with Crippen molar-refractivity contribution in [1.29, 1.82) is 0 Å². The maximum Gasteiger partial charge on any atom is 0.340 e. The molecular formula is C17H20N2O3. The highest BCUT2D eigenvalue weighted by atomic mass is 16.5. The minimum Gasteiger partial charge on any atom is -0.497 e. The Hall–Kier alpha value is -2.01. The van der Waals surface area contributed by atoms with Crippen molar-refractivity contribution in [1.82, 2.24) is 9.88 Å². The second kappa shape index (κ2) is 5.02. The Morgan fingerprint density at radius 2 is 2.18 bits per heavy atom. The van der Waals surface area contributed by atoms with Gasteiger partial charge in [-0.2, -0.15) is 0 Å².